The van der Waals surface area contributed by atoms with Gasteiger partial charge < -0.3 is 29.3 Å². The molecule has 2 fully saturated rings. The number of rotatable bonds is 14. The Morgan fingerprint density at radius 1 is 0.703 bits per heavy atom. The van der Waals surface area contributed by atoms with Crippen LogP contribution in [0, 0.1) is 0 Å². The fourth-order valence-electron chi connectivity index (χ4n) is 6.03. The van der Waals surface area contributed by atoms with E-state index in [2.05, 4.69) is 0 Å². The van der Waals surface area contributed by atoms with E-state index in [4.69, 9.17) is 18.9 Å². The second-order valence-electron chi connectivity index (χ2n) is 14.0. The summed E-state index contributed by atoms with van der Waals surface area (Å²) in [4.78, 5) is 0. The first kappa shape index (κ1) is 32.8. The van der Waals surface area contributed by atoms with Gasteiger partial charge in [0.15, 0.2) is 0 Å². The van der Waals surface area contributed by atoms with Gasteiger partial charge in [-0.1, -0.05) is 0 Å². The molecule has 1 atom stereocenters. The van der Waals surface area contributed by atoms with Crippen LogP contribution in [-0.4, -0.2) is 100 Å². The fourth-order valence-corrected chi connectivity index (χ4v) is 6.03. The molecule has 9 heteroatoms. The van der Waals surface area contributed by atoms with E-state index in [1.54, 1.807) is 6.92 Å². The molecule has 0 saturated carbocycles. The van der Waals surface area contributed by atoms with Crippen molar-refractivity contribution in [2.45, 2.75) is 141 Å². The van der Waals surface area contributed by atoms with Gasteiger partial charge in [0.2, 0.25) is 0 Å². The average molecular weight is 532 g/mol. The van der Waals surface area contributed by atoms with Crippen LogP contribution in [0.5, 0.6) is 0 Å². The lowest BCUT2D eigenvalue weighted by molar-refractivity contribution is -0.301. The van der Waals surface area contributed by atoms with Crippen LogP contribution in [0.2, 0.25) is 0 Å². The Labute approximate surface area is 225 Å². The van der Waals surface area contributed by atoms with Crippen LogP contribution < -0.4 is 0 Å². The molecular weight excluding hydrogens is 476 g/mol. The van der Waals surface area contributed by atoms with Gasteiger partial charge in [0, 0.05) is 48.6 Å². The highest BCUT2D eigenvalue weighted by Crippen LogP contribution is 2.39. The molecule has 1 radical (unpaired) electrons. The lowest BCUT2D eigenvalue weighted by Crippen LogP contribution is -2.60. The van der Waals surface area contributed by atoms with Crippen LogP contribution in [0.1, 0.15) is 101 Å². The summed E-state index contributed by atoms with van der Waals surface area (Å²) in [5, 5.41) is 36.1. The lowest BCUT2D eigenvalue weighted by Gasteiger charge is -2.51. The molecule has 0 aromatic rings. The molecule has 0 aromatic carbocycles. The molecule has 2 saturated heterocycles. The second kappa shape index (κ2) is 12.9. The largest absolute Gasteiger partial charge is 0.385 e. The first-order chi connectivity index (χ1) is 16.9. The quantitative estimate of drug-likeness (QED) is 0.319. The molecule has 219 valence electrons. The van der Waals surface area contributed by atoms with Crippen molar-refractivity contribution in [1.82, 2.24) is 10.1 Å². The van der Waals surface area contributed by atoms with Crippen LogP contribution >= 0.6 is 0 Å². The summed E-state index contributed by atoms with van der Waals surface area (Å²) in [5.41, 5.74) is -2.56. The molecule has 2 aliphatic heterocycles. The van der Waals surface area contributed by atoms with E-state index in [1.165, 1.54) is 10.1 Å². The monoisotopic (exact) mass is 531 g/mol. The first-order valence-electron chi connectivity index (χ1n) is 14.0. The zero-order chi connectivity index (χ0) is 28.1. The van der Waals surface area contributed by atoms with Gasteiger partial charge in [0.05, 0.1) is 25.4 Å². The van der Waals surface area contributed by atoms with Crippen molar-refractivity contribution in [3.8, 4) is 0 Å². The van der Waals surface area contributed by atoms with Crippen LogP contribution in [0.15, 0.2) is 0 Å². The van der Waals surface area contributed by atoms with Gasteiger partial charge in [-0.3, -0.25) is 0 Å². The molecular formula is C28H55N2O7. The summed E-state index contributed by atoms with van der Waals surface area (Å²) in [7, 11) is 0. The minimum Gasteiger partial charge on any atom is -0.385 e. The third-order valence-electron chi connectivity index (χ3n) is 7.55. The van der Waals surface area contributed by atoms with Gasteiger partial charge in [-0.05, 0) is 101 Å². The summed E-state index contributed by atoms with van der Waals surface area (Å²) in [6.45, 7) is 20.3. The number of piperidine rings is 2. The van der Waals surface area contributed by atoms with Crippen molar-refractivity contribution in [3.05, 3.63) is 0 Å². The highest BCUT2D eigenvalue weighted by atomic mass is 16.5. The SMILES string of the molecule is CC(O)(COCCCOC1CC(C)(C)N([O])C(C)(C)C1)COCCCOC1CC(C)(C)N(O)C(C)(C)C1. The number of ether oxygens (including phenoxy) is 4. The Morgan fingerprint density at radius 3 is 1.43 bits per heavy atom. The summed E-state index contributed by atoms with van der Waals surface area (Å²) >= 11 is 0. The average Bonchev–Trinajstić information content (AvgIpc) is 2.74. The molecule has 2 rings (SSSR count). The predicted octanol–water partition coefficient (Wildman–Crippen LogP) is 4.36. The van der Waals surface area contributed by atoms with E-state index in [0.29, 0.717) is 26.4 Å². The molecule has 2 N–H and O–H groups in total. The van der Waals surface area contributed by atoms with Gasteiger partial charge in [0.1, 0.15) is 5.60 Å². The minimum atomic E-state index is -1.06. The third kappa shape index (κ3) is 9.96. The normalized spacial score (nSPS) is 25.0. The van der Waals surface area contributed by atoms with E-state index in [0.717, 1.165) is 38.5 Å². The maximum absolute atomic E-state index is 12.5. The number of aliphatic hydroxyl groups is 1. The summed E-state index contributed by atoms with van der Waals surface area (Å²) < 4.78 is 23.5. The molecule has 0 aromatic heterocycles. The fraction of sp³-hybridized carbons (Fsp3) is 1.00. The van der Waals surface area contributed by atoms with Crippen molar-refractivity contribution in [2.24, 2.45) is 0 Å². The highest BCUT2D eigenvalue weighted by Gasteiger charge is 2.47. The molecule has 0 amide bonds. The lowest BCUT2D eigenvalue weighted by atomic mass is 9.80. The molecule has 0 aliphatic carbocycles. The Hall–Kier alpha value is -0.360. The van der Waals surface area contributed by atoms with Gasteiger partial charge in [-0.2, -0.15) is 5.06 Å². The summed E-state index contributed by atoms with van der Waals surface area (Å²) in [6, 6.07) is 0. The molecule has 0 spiro atoms. The molecule has 1 unspecified atom stereocenters. The van der Waals surface area contributed by atoms with E-state index in [1.807, 2.05) is 55.4 Å². The summed E-state index contributed by atoms with van der Waals surface area (Å²) in [5.74, 6) is 0. The topological polar surface area (TPSA) is 104 Å². The first-order valence-corrected chi connectivity index (χ1v) is 14.0. The van der Waals surface area contributed by atoms with Crippen molar-refractivity contribution in [1.29, 1.82) is 0 Å². The van der Waals surface area contributed by atoms with E-state index < -0.39 is 16.7 Å². The number of hydrogen-bond acceptors (Lipinski definition) is 8. The number of nitrogens with zero attached hydrogens (tertiary/aromatic N) is 2. The minimum absolute atomic E-state index is 0.0659. The van der Waals surface area contributed by atoms with Gasteiger partial charge in [-0.25, -0.2) is 0 Å². The number of hydroxylamine groups is 4. The zero-order valence-corrected chi connectivity index (χ0v) is 25.0. The maximum atomic E-state index is 12.5. The van der Waals surface area contributed by atoms with Crippen LogP contribution in [0.4, 0.5) is 0 Å². The predicted molar refractivity (Wildman–Crippen MR) is 142 cm³/mol. The van der Waals surface area contributed by atoms with Gasteiger partial charge in [0.25, 0.3) is 0 Å². The molecule has 37 heavy (non-hydrogen) atoms. The van der Waals surface area contributed by atoms with Gasteiger partial charge in [-0.15, -0.1) is 10.3 Å². The third-order valence-corrected chi connectivity index (χ3v) is 7.55. The van der Waals surface area contributed by atoms with E-state index >= 15 is 0 Å². The van der Waals surface area contributed by atoms with Crippen LogP contribution in [0.3, 0.4) is 0 Å². The summed E-state index contributed by atoms with van der Waals surface area (Å²) in [6.07, 6.45) is 4.64. The zero-order valence-electron chi connectivity index (χ0n) is 25.0. The maximum Gasteiger partial charge on any atom is 0.108 e. The molecule has 0 bridgehead atoms. The molecule has 2 aliphatic rings. The van der Waals surface area contributed by atoms with Gasteiger partial charge >= 0.3 is 0 Å². The molecule has 2 heterocycles. The van der Waals surface area contributed by atoms with Crippen molar-refractivity contribution >= 4 is 0 Å². The van der Waals surface area contributed by atoms with Crippen molar-refractivity contribution in [2.75, 3.05) is 39.6 Å². The Balaban J connectivity index is 1.53. The Morgan fingerprint density at radius 2 is 1.05 bits per heavy atom. The highest BCUT2D eigenvalue weighted by molar-refractivity contribution is 4.97. The Bertz CT molecular complexity index is 604. The second-order valence-corrected chi connectivity index (χ2v) is 14.0. The van der Waals surface area contributed by atoms with Crippen LogP contribution in [0.25, 0.3) is 0 Å². The smallest absolute Gasteiger partial charge is 0.108 e. The van der Waals surface area contributed by atoms with E-state index in [9.17, 15) is 15.5 Å². The van der Waals surface area contributed by atoms with E-state index in [-0.39, 0.29) is 36.5 Å². The molecule has 9 nitrogen and oxygen atoms in total. The number of hydrogen-bond donors (Lipinski definition) is 2. The van der Waals surface area contributed by atoms with Crippen LogP contribution in [-0.2, 0) is 24.2 Å². The Kier molecular flexibility index (Phi) is 11.4. The standard InChI is InChI=1S/C28H55N2O7/c1-24(2)16-22(17-25(3,4)29(24)32)36-14-10-12-34-20-28(9,31)21-35-13-11-15-37-23-18-26(5,6)30(33)27(7,8)19-23/h22-23,31-32H,10-21H2,1-9H3. The van der Waals surface area contributed by atoms with Crippen molar-refractivity contribution in [3.63, 3.8) is 0 Å². The van der Waals surface area contributed by atoms with Crippen molar-refractivity contribution < 1.29 is 34.5 Å².